The van der Waals surface area contributed by atoms with Crippen molar-refractivity contribution in [3.63, 3.8) is 0 Å². The summed E-state index contributed by atoms with van der Waals surface area (Å²) in [5.74, 6) is 0.211. The second-order valence-electron chi connectivity index (χ2n) is 7.96. The first-order chi connectivity index (χ1) is 13.5. The monoisotopic (exact) mass is 382 g/mol. The minimum Gasteiger partial charge on any atom is -0.368 e. The molecule has 1 heterocycles. The lowest BCUT2D eigenvalue weighted by molar-refractivity contribution is -0.133. The Morgan fingerprint density at radius 2 is 1.82 bits per heavy atom. The largest absolute Gasteiger partial charge is 0.368 e. The first-order valence-electron chi connectivity index (χ1n) is 10.3. The zero-order valence-electron chi connectivity index (χ0n) is 17.0. The maximum absolute atomic E-state index is 12.7. The van der Waals surface area contributed by atoms with Crippen LogP contribution in [0.15, 0.2) is 18.2 Å². The van der Waals surface area contributed by atoms with E-state index in [1.807, 2.05) is 11.9 Å². The van der Waals surface area contributed by atoms with Crippen LogP contribution in [0.2, 0.25) is 0 Å². The molecule has 0 radical (unpaired) electrons. The number of ketones is 1. The molecule has 0 atom stereocenters. The number of amides is 1. The van der Waals surface area contributed by atoms with Crippen LogP contribution in [-0.4, -0.2) is 67.3 Å². The summed E-state index contributed by atoms with van der Waals surface area (Å²) in [6, 6.07) is 7.78. The lowest BCUT2D eigenvalue weighted by Crippen LogP contribution is -2.51. The molecular formula is C22H30N4O2. The van der Waals surface area contributed by atoms with Crippen LogP contribution < -0.4 is 4.90 Å². The molecule has 1 amide bonds. The van der Waals surface area contributed by atoms with E-state index in [4.69, 9.17) is 0 Å². The number of Topliss-reactive ketones (excluding diaryl/α,β-unsaturated/α-hetero) is 1. The van der Waals surface area contributed by atoms with Gasteiger partial charge in [0.2, 0.25) is 5.91 Å². The van der Waals surface area contributed by atoms with Crippen molar-refractivity contribution in [1.29, 1.82) is 5.26 Å². The van der Waals surface area contributed by atoms with Crippen LogP contribution in [0, 0.1) is 11.3 Å². The smallest absolute Gasteiger partial charge is 0.236 e. The van der Waals surface area contributed by atoms with Crippen LogP contribution in [0.5, 0.6) is 0 Å². The summed E-state index contributed by atoms with van der Waals surface area (Å²) in [4.78, 5) is 31.0. The van der Waals surface area contributed by atoms with Crippen LogP contribution in [-0.2, 0) is 4.79 Å². The van der Waals surface area contributed by atoms with Gasteiger partial charge in [0.1, 0.15) is 0 Å². The van der Waals surface area contributed by atoms with Crippen LogP contribution in [0.25, 0.3) is 0 Å². The average Bonchev–Trinajstić information content (AvgIpc) is 2.73. The Morgan fingerprint density at radius 1 is 1.14 bits per heavy atom. The van der Waals surface area contributed by atoms with E-state index in [1.54, 1.807) is 25.1 Å². The molecule has 1 aromatic rings. The normalized spacial score (nSPS) is 18.5. The van der Waals surface area contributed by atoms with Gasteiger partial charge in [-0.1, -0.05) is 19.3 Å². The molecule has 0 spiro atoms. The number of nitriles is 1. The second kappa shape index (κ2) is 9.20. The highest BCUT2D eigenvalue weighted by molar-refractivity contribution is 6.00. The number of likely N-dealkylation sites (N-methyl/N-ethyl adjacent to an activating group) is 1. The van der Waals surface area contributed by atoms with E-state index in [9.17, 15) is 14.9 Å². The summed E-state index contributed by atoms with van der Waals surface area (Å²) >= 11 is 0. The van der Waals surface area contributed by atoms with Gasteiger partial charge in [0, 0.05) is 50.5 Å². The van der Waals surface area contributed by atoms with Gasteiger partial charge in [0.15, 0.2) is 5.78 Å². The Morgan fingerprint density at radius 3 is 2.43 bits per heavy atom. The number of benzene rings is 1. The van der Waals surface area contributed by atoms with Crippen LogP contribution in [0.3, 0.4) is 0 Å². The molecular weight excluding hydrogens is 352 g/mol. The van der Waals surface area contributed by atoms with Gasteiger partial charge in [-0.2, -0.15) is 5.26 Å². The van der Waals surface area contributed by atoms with Crippen LogP contribution in [0.4, 0.5) is 5.69 Å². The predicted octanol–water partition coefficient (Wildman–Crippen LogP) is 2.67. The van der Waals surface area contributed by atoms with Gasteiger partial charge in [-0.05, 0) is 38.0 Å². The second-order valence-corrected chi connectivity index (χ2v) is 7.96. The van der Waals surface area contributed by atoms with Crippen molar-refractivity contribution >= 4 is 17.4 Å². The van der Waals surface area contributed by atoms with E-state index in [-0.39, 0.29) is 11.7 Å². The van der Waals surface area contributed by atoms with Gasteiger partial charge >= 0.3 is 0 Å². The summed E-state index contributed by atoms with van der Waals surface area (Å²) in [7, 11) is 1.95. The fourth-order valence-electron chi connectivity index (χ4n) is 4.28. The third-order valence-electron chi connectivity index (χ3n) is 6.09. The van der Waals surface area contributed by atoms with Gasteiger partial charge in [0.25, 0.3) is 0 Å². The zero-order chi connectivity index (χ0) is 20.1. The number of carbonyl (C=O) groups is 2. The molecule has 150 valence electrons. The first-order valence-corrected chi connectivity index (χ1v) is 10.3. The van der Waals surface area contributed by atoms with E-state index < -0.39 is 0 Å². The first kappa shape index (κ1) is 20.3. The maximum Gasteiger partial charge on any atom is 0.236 e. The molecule has 1 saturated carbocycles. The fraction of sp³-hybridized carbons (Fsp3) is 0.591. The SMILES string of the molecule is CC(=O)c1ccc(C#N)cc1N1CCN(CC(=O)N(C)C2CCCCC2)CC1. The van der Waals surface area contributed by atoms with E-state index in [2.05, 4.69) is 15.9 Å². The number of hydrogen-bond donors (Lipinski definition) is 0. The Labute approximate surface area is 167 Å². The molecule has 28 heavy (non-hydrogen) atoms. The van der Waals surface area contributed by atoms with Crippen molar-refractivity contribution in [1.82, 2.24) is 9.80 Å². The summed E-state index contributed by atoms with van der Waals surface area (Å²) in [5, 5.41) is 9.19. The summed E-state index contributed by atoms with van der Waals surface area (Å²) in [5.41, 5.74) is 2.05. The van der Waals surface area contributed by atoms with Gasteiger partial charge in [-0.3, -0.25) is 14.5 Å². The third kappa shape index (κ3) is 4.71. The zero-order valence-corrected chi connectivity index (χ0v) is 17.0. The molecule has 0 N–H and O–H groups in total. The maximum atomic E-state index is 12.7. The molecule has 2 fully saturated rings. The van der Waals surface area contributed by atoms with E-state index >= 15 is 0 Å². The van der Waals surface area contributed by atoms with Gasteiger partial charge in [-0.15, -0.1) is 0 Å². The molecule has 6 nitrogen and oxygen atoms in total. The van der Waals surface area contributed by atoms with Crippen molar-refractivity contribution in [2.75, 3.05) is 44.7 Å². The van der Waals surface area contributed by atoms with E-state index in [0.29, 0.717) is 23.7 Å². The number of hydrogen-bond acceptors (Lipinski definition) is 5. The van der Waals surface area contributed by atoms with Crippen LogP contribution >= 0.6 is 0 Å². The molecule has 0 unspecified atom stereocenters. The minimum absolute atomic E-state index is 0.00574. The highest BCUT2D eigenvalue weighted by Crippen LogP contribution is 2.25. The molecule has 0 aromatic heterocycles. The number of anilines is 1. The summed E-state index contributed by atoms with van der Waals surface area (Å²) in [6.45, 7) is 5.06. The van der Waals surface area contributed by atoms with Crippen molar-refractivity contribution in [3.8, 4) is 6.07 Å². The summed E-state index contributed by atoms with van der Waals surface area (Å²) in [6.07, 6.45) is 5.98. The van der Waals surface area contributed by atoms with Crippen molar-refractivity contribution in [3.05, 3.63) is 29.3 Å². The summed E-state index contributed by atoms with van der Waals surface area (Å²) < 4.78 is 0. The molecule has 6 heteroatoms. The van der Waals surface area contributed by atoms with Gasteiger partial charge < -0.3 is 9.80 Å². The van der Waals surface area contributed by atoms with Gasteiger partial charge in [-0.25, -0.2) is 0 Å². The molecule has 1 aliphatic carbocycles. The molecule has 1 aliphatic heterocycles. The van der Waals surface area contributed by atoms with Gasteiger partial charge in [0.05, 0.1) is 18.2 Å². The highest BCUT2D eigenvalue weighted by Gasteiger charge is 2.26. The fourth-order valence-corrected chi connectivity index (χ4v) is 4.28. The molecule has 3 rings (SSSR count). The Hall–Kier alpha value is -2.39. The third-order valence-corrected chi connectivity index (χ3v) is 6.09. The molecule has 0 bridgehead atoms. The lowest BCUT2D eigenvalue weighted by Gasteiger charge is -2.38. The Kier molecular flexibility index (Phi) is 6.69. The van der Waals surface area contributed by atoms with E-state index in [0.717, 1.165) is 44.7 Å². The number of carbonyl (C=O) groups excluding carboxylic acids is 2. The predicted molar refractivity (Wildman–Crippen MR) is 109 cm³/mol. The highest BCUT2D eigenvalue weighted by atomic mass is 16.2. The van der Waals surface area contributed by atoms with Crippen molar-refractivity contribution < 1.29 is 9.59 Å². The molecule has 1 aromatic carbocycles. The molecule has 2 aliphatic rings. The Balaban J connectivity index is 1.58. The average molecular weight is 383 g/mol. The van der Waals surface area contributed by atoms with Crippen LogP contribution in [0.1, 0.15) is 54.9 Å². The minimum atomic E-state index is 0.00574. The topological polar surface area (TPSA) is 67.6 Å². The standard InChI is InChI=1S/C22H30N4O2/c1-17(27)20-9-8-18(15-23)14-21(20)26-12-10-25(11-13-26)16-22(28)24(2)19-6-4-3-5-7-19/h8-9,14,19H,3-7,10-13,16H2,1-2H3. The Bertz CT molecular complexity index is 756. The molecule has 1 saturated heterocycles. The number of piperazine rings is 1. The number of nitrogens with zero attached hydrogens (tertiary/aromatic N) is 4. The lowest BCUT2D eigenvalue weighted by atomic mass is 9.94. The van der Waals surface area contributed by atoms with Crippen molar-refractivity contribution in [2.45, 2.75) is 45.1 Å². The quantitative estimate of drug-likeness (QED) is 0.733. The van der Waals surface area contributed by atoms with Crippen molar-refractivity contribution in [2.24, 2.45) is 0 Å². The number of rotatable bonds is 5. The van der Waals surface area contributed by atoms with E-state index in [1.165, 1.54) is 19.3 Å².